The lowest BCUT2D eigenvalue weighted by atomic mass is 10.2. The number of halogens is 1. The zero-order chi connectivity index (χ0) is 28.2. The van der Waals surface area contributed by atoms with Gasteiger partial charge in [0.05, 0.1) is 16.7 Å². The van der Waals surface area contributed by atoms with Crippen molar-refractivity contribution in [3.8, 4) is 17.3 Å². The molecule has 1 amide bonds. The summed E-state index contributed by atoms with van der Waals surface area (Å²) >= 11 is 6.19. The van der Waals surface area contributed by atoms with Gasteiger partial charge in [0.2, 0.25) is 15.9 Å². The number of carbonyl (C=O) groups excluding carboxylic acids is 1. The van der Waals surface area contributed by atoms with Crippen molar-refractivity contribution < 1.29 is 27.6 Å². The number of ether oxygens (including phenoxy) is 2. The van der Waals surface area contributed by atoms with Gasteiger partial charge in [-0.2, -0.15) is 9.78 Å². The number of rotatable bonds is 11. The van der Waals surface area contributed by atoms with E-state index < -0.39 is 31.4 Å². The number of aromatic nitrogens is 2. The monoisotopic (exact) mass is 577 g/mol. The van der Waals surface area contributed by atoms with Gasteiger partial charge >= 0.3 is 0 Å². The number of nitrogens with one attached hydrogen (secondary N) is 2. The molecule has 1 aliphatic rings. The second kappa shape index (κ2) is 12.1. The van der Waals surface area contributed by atoms with Crippen LogP contribution in [0.25, 0.3) is 5.69 Å². The van der Waals surface area contributed by atoms with Gasteiger partial charge in [-0.1, -0.05) is 24.6 Å². The molecule has 0 spiro atoms. The van der Waals surface area contributed by atoms with E-state index in [0.717, 1.165) is 25.0 Å². The number of hydrogen-bond acceptors (Lipinski definition) is 8. The van der Waals surface area contributed by atoms with E-state index in [1.54, 1.807) is 38.1 Å². The maximum absolute atomic E-state index is 13.1. The highest BCUT2D eigenvalue weighted by atomic mass is 35.5. The largest absolute Gasteiger partial charge is 0.437 e. The van der Waals surface area contributed by atoms with E-state index in [1.165, 1.54) is 10.7 Å². The molecule has 12 nitrogen and oxygen atoms in total. The second-order valence-electron chi connectivity index (χ2n) is 8.90. The Morgan fingerprint density at radius 3 is 2.77 bits per heavy atom. The summed E-state index contributed by atoms with van der Waals surface area (Å²) in [7, 11) is -4.18. The highest BCUT2D eigenvalue weighted by Crippen LogP contribution is 2.36. The molecule has 1 atom stereocenters. The summed E-state index contributed by atoms with van der Waals surface area (Å²) < 4.78 is 41.5. The molecular formula is C25H28ClN5O7S. The third kappa shape index (κ3) is 6.56. The number of benzene rings is 2. The molecule has 1 aliphatic heterocycles. The summed E-state index contributed by atoms with van der Waals surface area (Å²) in [4.78, 5) is 23.4. The number of sulfonamides is 1. The highest BCUT2D eigenvalue weighted by molar-refractivity contribution is 7.89. The number of non-ortho nitro benzene ring substituents is 1. The molecule has 0 bridgehead atoms. The number of amides is 1. The summed E-state index contributed by atoms with van der Waals surface area (Å²) in [5.41, 5.74) is 0.407. The van der Waals surface area contributed by atoms with Crippen LogP contribution >= 0.6 is 11.6 Å². The molecule has 0 unspecified atom stereocenters. The molecule has 1 aromatic heterocycles. The number of nitro benzene ring substituents is 1. The number of nitro groups is 1. The molecule has 39 heavy (non-hydrogen) atoms. The van der Waals surface area contributed by atoms with Crippen molar-refractivity contribution in [2.75, 3.05) is 19.7 Å². The molecule has 4 rings (SSSR count). The average molecular weight is 578 g/mol. The summed E-state index contributed by atoms with van der Waals surface area (Å²) in [5, 5.41) is 19.1. The summed E-state index contributed by atoms with van der Waals surface area (Å²) in [6.45, 7) is 4.48. The van der Waals surface area contributed by atoms with Gasteiger partial charge in [0, 0.05) is 42.4 Å². The number of carbonyl (C=O) groups is 1. The quantitative estimate of drug-likeness (QED) is 0.254. The maximum Gasteiger partial charge on any atom is 0.272 e. The van der Waals surface area contributed by atoms with Gasteiger partial charge in [-0.25, -0.2) is 13.1 Å². The molecule has 14 heteroatoms. The second-order valence-corrected chi connectivity index (χ2v) is 11.1. The predicted molar refractivity (Wildman–Crippen MR) is 143 cm³/mol. The Morgan fingerprint density at radius 1 is 1.31 bits per heavy atom. The molecule has 3 aromatic rings. The molecule has 0 radical (unpaired) electrons. The van der Waals surface area contributed by atoms with Crippen LogP contribution in [0.1, 0.15) is 42.2 Å². The molecule has 2 heterocycles. The molecular weight excluding hydrogens is 550 g/mol. The lowest BCUT2D eigenvalue weighted by Gasteiger charge is -2.14. The molecule has 1 fully saturated rings. The summed E-state index contributed by atoms with van der Waals surface area (Å²) in [6.07, 6.45) is 2.20. The highest BCUT2D eigenvalue weighted by Gasteiger charge is 2.28. The van der Waals surface area contributed by atoms with E-state index in [9.17, 15) is 23.3 Å². The third-order valence-electron chi connectivity index (χ3n) is 6.03. The van der Waals surface area contributed by atoms with E-state index >= 15 is 0 Å². The first-order chi connectivity index (χ1) is 18.6. The van der Waals surface area contributed by atoms with Gasteiger partial charge in [-0.3, -0.25) is 14.9 Å². The Balaban J connectivity index is 1.78. The van der Waals surface area contributed by atoms with Gasteiger partial charge in [0.25, 0.3) is 11.6 Å². The first-order valence-corrected chi connectivity index (χ1v) is 14.2. The standard InChI is InChI=1S/C25H28ClN5O7S/c1-3-11-28-39(35,36)22-14-19(31(33)34)9-10-21(22)38-25-16(2)23(24(32)27-15-20-8-5-12-37-20)29-30(25)18-7-4-6-17(26)13-18/h4,6-7,9-10,13-14,20,28H,3,5,8,11-12,15H2,1-2H3,(H,27,32)/t20-/m0/s1. The maximum atomic E-state index is 13.1. The minimum absolute atomic E-state index is 0.0420. The van der Waals surface area contributed by atoms with Crippen molar-refractivity contribution in [1.29, 1.82) is 0 Å². The lowest BCUT2D eigenvalue weighted by Crippen LogP contribution is -2.32. The Bertz CT molecular complexity index is 1490. The van der Waals surface area contributed by atoms with E-state index in [2.05, 4.69) is 15.1 Å². The van der Waals surface area contributed by atoms with Crippen LogP contribution in [-0.2, 0) is 14.8 Å². The number of nitrogens with zero attached hydrogens (tertiary/aromatic N) is 3. The van der Waals surface area contributed by atoms with Gasteiger partial charge in [0.15, 0.2) is 5.69 Å². The molecule has 2 N–H and O–H groups in total. The Morgan fingerprint density at radius 2 is 2.10 bits per heavy atom. The van der Waals surface area contributed by atoms with Crippen molar-refractivity contribution in [3.63, 3.8) is 0 Å². The van der Waals surface area contributed by atoms with E-state index in [4.69, 9.17) is 21.1 Å². The number of hydrogen-bond donors (Lipinski definition) is 2. The summed E-state index contributed by atoms with van der Waals surface area (Å²) in [5.74, 6) is -0.600. The van der Waals surface area contributed by atoms with Crippen LogP contribution in [0.15, 0.2) is 47.4 Å². The van der Waals surface area contributed by atoms with Crippen molar-refractivity contribution in [2.45, 2.75) is 44.1 Å². The molecule has 0 aliphatic carbocycles. The fourth-order valence-corrected chi connectivity index (χ4v) is 5.48. The molecule has 1 saturated heterocycles. The van der Waals surface area contributed by atoms with Crippen LogP contribution in [0.4, 0.5) is 5.69 Å². The fraction of sp³-hybridized carbons (Fsp3) is 0.360. The van der Waals surface area contributed by atoms with Crippen molar-refractivity contribution in [3.05, 3.63) is 68.9 Å². The molecule has 0 saturated carbocycles. The van der Waals surface area contributed by atoms with Crippen LogP contribution in [0, 0.1) is 17.0 Å². The SMILES string of the molecule is CCCNS(=O)(=O)c1cc([N+](=O)[O-])ccc1Oc1c(C)c(C(=O)NC[C@@H]2CCCO2)nn1-c1cccc(Cl)c1. The van der Waals surface area contributed by atoms with Gasteiger partial charge in [0.1, 0.15) is 10.6 Å². The lowest BCUT2D eigenvalue weighted by molar-refractivity contribution is -0.385. The minimum Gasteiger partial charge on any atom is -0.437 e. The van der Waals surface area contributed by atoms with Crippen molar-refractivity contribution in [2.24, 2.45) is 0 Å². The van der Waals surface area contributed by atoms with E-state index in [-0.39, 0.29) is 30.0 Å². The van der Waals surface area contributed by atoms with E-state index in [0.29, 0.717) is 35.8 Å². The molecule has 208 valence electrons. The third-order valence-corrected chi connectivity index (χ3v) is 7.74. The van der Waals surface area contributed by atoms with Crippen LogP contribution in [-0.4, -0.2) is 54.8 Å². The van der Waals surface area contributed by atoms with Crippen molar-refractivity contribution >= 4 is 33.2 Å². The smallest absolute Gasteiger partial charge is 0.272 e. The Hall–Kier alpha value is -3.52. The first-order valence-electron chi connectivity index (χ1n) is 12.3. The predicted octanol–water partition coefficient (Wildman–Crippen LogP) is 4.13. The van der Waals surface area contributed by atoms with Crippen LogP contribution in [0.5, 0.6) is 11.6 Å². The first kappa shape index (κ1) is 28.5. The van der Waals surface area contributed by atoms with Crippen LogP contribution in [0.3, 0.4) is 0 Å². The Kier molecular flexibility index (Phi) is 8.85. The van der Waals surface area contributed by atoms with Crippen LogP contribution in [0.2, 0.25) is 5.02 Å². The van der Waals surface area contributed by atoms with Gasteiger partial charge in [-0.15, -0.1) is 0 Å². The summed E-state index contributed by atoms with van der Waals surface area (Å²) in [6, 6.07) is 9.91. The van der Waals surface area contributed by atoms with Gasteiger partial charge in [-0.05, 0) is 50.5 Å². The fourth-order valence-electron chi connectivity index (χ4n) is 4.02. The van der Waals surface area contributed by atoms with Crippen molar-refractivity contribution in [1.82, 2.24) is 19.8 Å². The van der Waals surface area contributed by atoms with Crippen LogP contribution < -0.4 is 14.8 Å². The zero-order valence-corrected chi connectivity index (χ0v) is 22.9. The van der Waals surface area contributed by atoms with Gasteiger partial charge < -0.3 is 14.8 Å². The van der Waals surface area contributed by atoms with E-state index in [1.807, 2.05) is 0 Å². The topological polar surface area (TPSA) is 155 Å². The molecule has 2 aromatic carbocycles. The Labute approximate surface area is 230 Å². The zero-order valence-electron chi connectivity index (χ0n) is 21.3. The average Bonchev–Trinajstić information content (AvgIpc) is 3.54. The minimum atomic E-state index is -4.18. The normalized spacial score (nSPS) is 15.3.